The van der Waals surface area contributed by atoms with Gasteiger partial charge in [-0.2, -0.15) is 0 Å². The molecule has 0 saturated carbocycles. The van der Waals surface area contributed by atoms with Gasteiger partial charge in [0.25, 0.3) is 0 Å². The average molecular weight is 277 g/mol. The maximum Gasteiger partial charge on any atom is 0.224 e. The summed E-state index contributed by atoms with van der Waals surface area (Å²) in [6.45, 7) is 6.88. The molecular formula is C17H27NO2. The number of hydrogen-bond acceptors (Lipinski definition) is 2. The molecule has 0 heterocycles. The van der Waals surface area contributed by atoms with Crippen molar-refractivity contribution in [1.29, 1.82) is 0 Å². The highest BCUT2D eigenvalue weighted by molar-refractivity contribution is 5.78. The van der Waals surface area contributed by atoms with Gasteiger partial charge in [-0.3, -0.25) is 4.79 Å². The topological polar surface area (TPSA) is 49.3 Å². The van der Waals surface area contributed by atoms with Gasteiger partial charge >= 0.3 is 0 Å². The van der Waals surface area contributed by atoms with Crippen molar-refractivity contribution in [1.82, 2.24) is 5.32 Å². The number of hydrogen-bond donors (Lipinski definition) is 2. The molecule has 0 fully saturated rings. The largest absolute Gasteiger partial charge is 0.393 e. The van der Waals surface area contributed by atoms with Crippen LogP contribution in [0.4, 0.5) is 0 Å². The van der Waals surface area contributed by atoms with Crippen molar-refractivity contribution in [2.45, 2.75) is 52.6 Å². The Morgan fingerprint density at radius 1 is 1.20 bits per heavy atom. The van der Waals surface area contributed by atoms with Crippen LogP contribution in [-0.4, -0.2) is 23.7 Å². The molecule has 3 nitrogen and oxygen atoms in total. The average Bonchev–Trinajstić information content (AvgIpc) is 2.40. The number of amides is 1. The first-order valence-electron chi connectivity index (χ1n) is 7.53. The van der Waals surface area contributed by atoms with E-state index in [2.05, 4.69) is 31.3 Å². The summed E-state index contributed by atoms with van der Waals surface area (Å²) in [6.07, 6.45) is 2.51. The normalized spacial score (nSPS) is 12.4. The fourth-order valence-corrected chi connectivity index (χ4v) is 2.09. The lowest BCUT2D eigenvalue weighted by atomic mass is 10.0. The zero-order valence-corrected chi connectivity index (χ0v) is 12.9. The second kappa shape index (κ2) is 8.75. The van der Waals surface area contributed by atoms with Crippen LogP contribution >= 0.6 is 0 Å². The minimum Gasteiger partial charge on any atom is -0.393 e. The van der Waals surface area contributed by atoms with E-state index >= 15 is 0 Å². The molecule has 0 aliphatic carbocycles. The molecule has 20 heavy (non-hydrogen) atoms. The van der Waals surface area contributed by atoms with Crippen LogP contribution in [0.15, 0.2) is 24.3 Å². The monoisotopic (exact) mass is 277 g/mol. The number of carbonyl (C=O) groups excluding carboxylic acids is 1. The van der Waals surface area contributed by atoms with Crippen molar-refractivity contribution < 1.29 is 9.90 Å². The summed E-state index contributed by atoms with van der Waals surface area (Å²) in [5.74, 6) is 0.666. The third kappa shape index (κ3) is 6.71. The Balaban J connectivity index is 2.34. The van der Waals surface area contributed by atoms with Crippen molar-refractivity contribution in [2.75, 3.05) is 6.54 Å². The highest BCUT2D eigenvalue weighted by Crippen LogP contribution is 2.10. The summed E-state index contributed by atoms with van der Waals surface area (Å²) < 4.78 is 0. The van der Waals surface area contributed by atoms with Crippen molar-refractivity contribution in [3.05, 3.63) is 35.4 Å². The molecule has 1 atom stereocenters. The molecule has 1 rings (SSSR count). The summed E-state index contributed by atoms with van der Waals surface area (Å²) in [5.41, 5.74) is 2.35. The van der Waals surface area contributed by atoms with E-state index in [1.807, 2.05) is 19.1 Å². The van der Waals surface area contributed by atoms with E-state index in [0.29, 0.717) is 25.3 Å². The molecule has 0 radical (unpaired) electrons. The van der Waals surface area contributed by atoms with Gasteiger partial charge in [-0.05, 0) is 36.3 Å². The predicted molar refractivity (Wildman–Crippen MR) is 82.6 cm³/mol. The van der Waals surface area contributed by atoms with Crippen LogP contribution in [0.2, 0.25) is 0 Å². The maximum atomic E-state index is 11.8. The number of rotatable bonds is 8. The van der Waals surface area contributed by atoms with Crippen LogP contribution in [0.3, 0.4) is 0 Å². The van der Waals surface area contributed by atoms with E-state index < -0.39 is 0 Å². The van der Waals surface area contributed by atoms with Gasteiger partial charge in [0.1, 0.15) is 0 Å². The standard InChI is InChI=1S/C17H27NO2/c1-4-16(19)9-10-18-17(20)12-15-7-5-14(6-8-15)11-13(2)3/h5-8,13,16,19H,4,9-12H2,1-3H3,(H,18,20). The molecule has 0 saturated heterocycles. The SMILES string of the molecule is CCC(O)CCNC(=O)Cc1ccc(CC(C)C)cc1. The first-order chi connectivity index (χ1) is 9.51. The molecule has 0 bridgehead atoms. The van der Waals surface area contributed by atoms with Gasteiger partial charge in [0.05, 0.1) is 12.5 Å². The molecule has 1 amide bonds. The Hall–Kier alpha value is -1.35. The fourth-order valence-electron chi connectivity index (χ4n) is 2.09. The molecule has 112 valence electrons. The Kier molecular flexibility index (Phi) is 7.31. The molecule has 3 heteroatoms. The van der Waals surface area contributed by atoms with Crippen LogP contribution < -0.4 is 5.32 Å². The van der Waals surface area contributed by atoms with E-state index in [0.717, 1.165) is 18.4 Å². The van der Waals surface area contributed by atoms with Crippen LogP contribution in [0.5, 0.6) is 0 Å². The second-order valence-corrected chi connectivity index (χ2v) is 5.79. The smallest absolute Gasteiger partial charge is 0.224 e. The minimum absolute atomic E-state index is 0.0184. The molecule has 1 unspecified atom stereocenters. The van der Waals surface area contributed by atoms with Gasteiger partial charge in [0, 0.05) is 6.54 Å². The van der Waals surface area contributed by atoms with Crippen molar-refractivity contribution >= 4 is 5.91 Å². The Labute approximate surface area is 122 Å². The lowest BCUT2D eigenvalue weighted by Gasteiger charge is -2.09. The van der Waals surface area contributed by atoms with E-state index in [4.69, 9.17) is 0 Å². The quantitative estimate of drug-likeness (QED) is 0.767. The van der Waals surface area contributed by atoms with Crippen molar-refractivity contribution in [2.24, 2.45) is 5.92 Å². The summed E-state index contributed by atoms with van der Waals surface area (Å²) in [5, 5.41) is 12.3. The first kappa shape index (κ1) is 16.7. The van der Waals surface area contributed by atoms with E-state index in [1.54, 1.807) is 0 Å². The van der Waals surface area contributed by atoms with Crippen LogP contribution in [0, 0.1) is 5.92 Å². The number of aliphatic hydroxyl groups excluding tert-OH is 1. The molecule has 1 aromatic rings. The molecule has 1 aromatic carbocycles. The van der Waals surface area contributed by atoms with Gasteiger partial charge in [-0.15, -0.1) is 0 Å². The van der Waals surface area contributed by atoms with E-state index in [1.165, 1.54) is 5.56 Å². The lowest BCUT2D eigenvalue weighted by Crippen LogP contribution is -2.28. The molecule has 0 spiro atoms. The number of aliphatic hydroxyl groups is 1. The second-order valence-electron chi connectivity index (χ2n) is 5.79. The van der Waals surface area contributed by atoms with Gasteiger partial charge in [-0.1, -0.05) is 45.0 Å². The van der Waals surface area contributed by atoms with Crippen molar-refractivity contribution in [3.8, 4) is 0 Å². The lowest BCUT2D eigenvalue weighted by molar-refractivity contribution is -0.120. The summed E-state index contributed by atoms with van der Waals surface area (Å²) in [4.78, 5) is 11.8. The van der Waals surface area contributed by atoms with Crippen LogP contribution in [0.1, 0.15) is 44.7 Å². The van der Waals surface area contributed by atoms with Gasteiger partial charge in [-0.25, -0.2) is 0 Å². The number of carbonyl (C=O) groups is 1. The summed E-state index contributed by atoms with van der Waals surface area (Å²) in [6, 6.07) is 8.25. The van der Waals surface area contributed by atoms with E-state index in [9.17, 15) is 9.90 Å². The molecule has 0 aromatic heterocycles. The van der Waals surface area contributed by atoms with Crippen LogP contribution in [0.25, 0.3) is 0 Å². The highest BCUT2D eigenvalue weighted by Gasteiger charge is 2.05. The van der Waals surface area contributed by atoms with Gasteiger partial charge in [0.2, 0.25) is 5.91 Å². The zero-order valence-electron chi connectivity index (χ0n) is 12.9. The Morgan fingerprint density at radius 3 is 2.35 bits per heavy atom. The highest BCUT2D eigenvalue weighted by atomic mass is 16.3. The van der Waals surface area contributed by atoms with Crippen LogP contribution in [-0.2, 0) is 17.6 Å². The maximum absolute atomic E-state index is 11.8. The number of nitrogens with one attached hydrogen (secondary N) is 1. The minimum atomic E-state index is -0.314. The van der Waals surface area contributed by atoms with Gasteiger partial charge < -0.3 is 10.4 Å². The molecule has 0 aliphatic rings. The molecule has 2 N–H and O–H groups in total. The zero-order chi connectivity index (χ0) is 15.0. The van der Waals surface area contributed by atoms with E-state index in [-0.39, 0.29) is 12.0 Å². The fraction of sp³-hybridized carbons (Fsp3) is 0.588. The van der Waals surface area contributed by atoms with Gasteiger partial charge in [0.15, 0.2) is 0 Å². The molecular weight excluding hydrogens is 250 g/mol. The Bertz CT molecular complexity index is 398. The summed E-state index contributed by atoms with van der Waals surface area (Å²) in [7, 11) is 0. The third-order valence-electron chi connectivity index (χ3n) is 3.30. The molecule has 0 aliphatic heterocycles. The van der Waals surface area contributed by atoms with Crippen molar-refractivity contribution in [3.63, 3.8) is 0 Å². The predicted octanol–water partition coefficient (Wildman–Crippen LogP) is 2.70. The third-order valence-corrected chi connectivity index (χ3v) is 3.30. The first-order valence-corrected chi connectivity index (χ1v) is 7.53. The Morgan fingerprint density at radius 2 is 1.80 bits per heavy atom. The summed E-state index contributed by atoms with van der Waals surface area (Å²) >= 11 is 0. The number of benzene rings is 1.